The van der Waals surface area contributed by atoms with E-state index in [-0.39, 0.29) is 5.56 Å². The van der Waals surface area contributed by atoms with Crippen LogP contribution in [0.15, 0.2) is 76.7 Å². The molecule has 0 bridgehead atoms. The maximum atomic E-state index is 13.4. The number of nitrogens with zero attached hydrogens (tertiary/aromatic N) is 2. The van der Waals surface area contributed by atoms with Crippen molar-refractivity contribution in [2.24, 2.45) is 0 Å². The highest BCUT2D eigenvalue weighted by Crippen LogP contribution is 2.27. The first-order chi connectivity index (χ1) is 14.1. The molecule has 3 aromatic carbocycles. The molecule has 0 amide bonds. The summed E-state index contributed by atoms with van der Waals surface area (Å²) in [6.45, 7) is 4.20. The standard InChI is InChI=1S/C24H22N2O2S/c1-16-11-12-17(2)18(13-16)15-29-24-25-22-10-5-4-9-21(22)23(27)26(24)19-7-6-8-20(14-19)28-3/h4-14H,15H2,1-3H3. The molecule has 29 heavy (non-hydrogen) atoms. The number of rotatable bonds is 5. The molecule has 4 rings (SSSR count). The van der Waals surface area contributed by atoms with E-state index in [1.165, 1.54) is 16.7 Å². The molecule has 0 aliphatic carbocycles. The van der Waals surface area contributed by atoms with E-state index in [0.717, 1.165) is 11.4 Å². The lowest BCUT2D eigenvalue weighted by Gasteiger charge is -2.14. The van der Waals surface area contributed by atoms with Crippen LogP contribution in [0.4, 0.5) is 0 Å². The molecule has 0 unspecified atom stereocenters. The summed E-state index contributed by atoms with van der Waals surface area (Å²) in [6, 6.07) is 21.4. The van der Waals surface area contributed by atoms with Crippen LogP contribution < -0.4 is 10.3 Å². The Morgan fingerprint density at radius 1 is 1.00 bits per heavy atom. The van der Waals surface area contributed by atoms with Gasteiger partial charge in [-0.3, -0.25) is 9.36 Å². The molecule has 0 atom stereocenters. The van der Waals surface area contributed by atoms with Crippen molar-refractivity contribution in [3.8, 4) is 11.4 Å². The van der Waals surface area contributed by atoms with Gasteiger partial charge in [-0.15, -0.1) is 0 Å². The molecule has 146 valence electrons. The van der Waals surface area contributed by atoms with Gasteiger partial charge in [-0.2, -0.15) is 0 Å². The van der Waals surface area contributed by atoms with Crippen LogP contribution >= 0.6 is 11.8 Å². The molecule has 0 fully saturated rings. The van der Waals surface area contributed by atoms with Gasteiger partial charge in [0.25, 0.3) is 5.56 Å². The fraction of sp³-hybridized carbons (Fsp3) is 0.167. The average Bonchev–Trinajstić information content (AvgIpc) is 2.74. The predicted molar refractivity (Wildman–Crippen MR) is 119 cm³/mol. The molecular weight excluding hydrogens is 380 g/mol. The summed E-state index contributed by atoms with van der Waals surface area (Å²) in [4.78, 5) is 18.2. The molecule has 4 aromatic rings. The normalized spacial score (nSPS) is 11.0. The van der Waals surface area contributed by atoms with Gasteiger partial charge in [0.15, 0.2) is 5.16 Å². The predicted octanol–water partition coefficient (Wildman–Crippen LogP) is 5.30. The Morgan fingerprint density at radius 3 is 2.66 bits per heavy atom. The van der Waals surface area contributed by atoms with Crippen LogP contribution in [-0.4, -0.2) is 16.7 Å². The third kappa shape index (κ3) is 3.91. The topological polar surface area (TPSA) is 44.1 Å². The molecular formula is C24H22N2O2S. The minimum atomic E-state index is -0.0766. The molecule has 0 aliphatic heterocycles. The van der Waals surface area contributed by atoms with Crippen molar-refractivity contribution in [2.45, 2.75) is 24.8 Å². The summed E-state index contributed by atoms with van der Waals surface area (Å²) in [5.74, 6) is 1.44. The summed E-state index contributed by atoms with van der Waals surface area (Å²) < 4.78 is 7.04. The number of fused-ring (bicyclic) bond motifs is 1. The first kappa shape index (κ1) is 19.3. The summed E-state index contributed by atoms with van der Waals surface area (Å²) in [7, 11) is 1.62. The summed E-state index contributed by atoms with van der Waals surface area (Å²) in [5.41, 5.74) is 5.08. The zero-order valence-corrected chi connectivity index (χ0v) is 17.5. The van der Waals surface area contributed by atoms with E-state index in [0.29, 0.717) is 21.8 Å². The van der Waals surface area contributed by atoms with Crippen LogP contribution in [0.2, 0.25) is 0 Å². The van der Waals surface area contributed by atoms with Crippen LogP contribution in [0, 0.1) is 13.8 Å². The molecule has 5 heteroatoms. The second-order valence-electron chi connectivity index (χ2n) is 6.97. The Morgan fingerprint density at radius 2 is 1.83 bits per heavy atom. The highest BCUT2D eigenvalue weighted by atomic mass is 32.2. The zero-order chi connectivity index (χ0) is 20.4. The lowest BCUT2D eigenvalue weighted by atomic mass is 10.1. The Labute approximate surface area is 174 Å². The van der Waals surface area contributed by atoms with E-state index in [9.17, 15) is 4.79 Å². The van der Waals surface area contributed by atoms with Crippen molar-refractivity contribution in [1.82, 2.24) is 9.55 Å². The minimum absolute atomic E-state index is 0.0766. The maximum Gasteiger partial charge on any atom is 0.266 e. The first-order valence-corrected chi connectivity index (χ1v) is 10.4. The van der Waals surface area contributed by atoms with Crippen molar-refractivity contribution in [2.75, 3.05) is 7.11 Å². The number of aromatic nitrogens is 2. The molecule has 0 N–H and O–H groups in total. The zero-order valence-electron chi connectivity index (χ0n) is 16.7. The van der Waals surface area contributed by atoms with Crippen molar-refractivity contribution in [3.63, 3.8) is 0 Å². The van der Waals surface area contributed by atoms with Gasteiger partial charge in [-0.05, 0) is 49.2 Å². The van der Waals surface area contributed by atoms with Gasteiger partial charge in [0.05, 0.1) is 23.7 Å². The number of aryl methyl sites for hydroxylation is 2. The van der Waals surface area contributed by atoms with Crippen molar-refractivity contribution < 1.29 is 4.74 Å². The quantitative estimate of drug-likeness (QED) is 0.335. The van der Waals surface area contributed by atoms with Crippen molar-refractivity contribution in [3.05, 3.63) is 93.8 Å². The number of hydrogen-bond acceptors (Lipinski definition) is 4. The van der Waals surface area contributed by atoms with Crippen LogP contribution in [-0.2, 0) is 5.75 Å². The van der Waals surface area contributed by atoms with Gasteiger partial charge < -0.3 is 4.74 Å². The molecule has 0 radical (unpaired) electrons. The molecule has 1 heterocycles. The summed E-state index contributed by atoms with van der Waals surface area (Å²) >= 11 is 1.57. The van der Waals surface area contributed by atoms with Crippen molar-refractivity contribution >= 4 is 22.7 Å². The van der Waals surface area contributed by atoms with Crippen LogP contribution in [0.25, 0.3) is 16.6 Å². The van der Waals surface area contributed by atoms with E-state index in [1.807, 2.05) is 48.5 Å². The summed E-state index contributed by atoms with van der Waals surface area (Å²) in [6.07, 6.45) is 0. The molecule has 0 saturated carbocycles. The fourth-order valence-corrected chi connectivity index (χ4v) is 4.36. The molecule has 0 saturated heterocycles. The number of methoxy groups -OCH3 is 1. The molecule has 4 nitrogen and oxygen atoms in total. The van der Waals surface area contributed by atoms with Gasteiger partial charge in [-0.25, -0.2) is 4.98 Å². The largest absolute Gasteiger partial charge is 0.497 e. The maximum absolute atomic E-state index is 13.4. The monoisotopic (exact) mass is 402 g/mol. The Kier molecular flexibility index (Phi) is 5.41. The van der Waals surface area contributed by atoms with Gasteiger partial charge >= 0.3 is 0 Å². The van der Waals surface area contributed by atoms with Crippen LogP contribution in [0.5, 0.6) is 5.75 Å². The average molecular weight is 403 g/mol. The van der Waals surface area contributed by atoms with Crippen LogP contribution in [0.3, 0.4) is 0 Å². The SMILES string of the molecule is COc1cccc(-n2c(SCc3cc(C)ccc3C)nc3ccccc3c2=O)c1. The lowest BCUT2D eigenvalue weighted by molar-refractivity contribution is 0.414. The second-order valence-corrected chi connectivity index (χ2v) is 7.91. The third-order valence-electron chi connectivity index (χ3n) is 4.92. The van der Waals surface area contributed by atoms with E-state index in [4.69, 9.17) is 9.72 Å². The number of para-hydroxylation sites is 1. The van der Waals surface area contributed by atoms with E-state index >= 15 is 0 Å². The van der Waals surface area contributed by atoms with Crippen molar-refractivity contribution in [1.29, 1.82) is 0 Å². The first-order valence-electron chi connectivity index (χ1n) is 9.42. The van der Waals surface area contributed by atoms with Gasteiger partial charge in [-0.1, -0.05) is 53.7 Å². The van der Waals surface area contributed by atoms with E-state index in [2.05, 4.69) is 32.0 Å². The molecule has 0 aliphatic rings. The Bertz CT molecular complexity index is 1250. The lowest BCUT2D eigenvalue weighted by Crippen LogP contribution is -2.21. The van der Waals surface area contributed by atoms with Gasteiger partial charge in [0.1, 0.15) is 5.75 Å². The van der Waals surface area contributed by atoms with Crippen LogP contribution in [0.1, 0.15) is 16.7 Å². The number of benzene rings is 3. The van der Waals surface area contributed by atoms with Gasteiger partial charge in [0, 0.05) is 11.8 Å². The Hall–Kier alpha value is -3.05. The summed E-state index contributed by atoms with van der Waals surface area (Å²) in [5, 5.41) is 1.27. The second kappa shape index (κ2) is 8.13. The molecule has 1 aromatic heterocycles. The number of thioether (sulfide) groups is 1. The molecule has 0 spiro atoms. The minimum Gasteiger partial charge on any atom is -0.497 e. The smallest absolute Gasteiger partial charge is 0.266 e. The third-order valence-corrected chi connectivity index (χ3v) is 5.91. The van der Waals surface area contributed by atoms with E-state index < -0.39 is 0 Å². The number of hydrogen-bond donors (Lipinski definition) is 0. The van der Waals surface area contributed by atoms with Gasteiger partial charge in [0.2, 0.25) is 0 Å². The highest BCUT2D eigenvalue weighted by Gasteiger charge is 2.14. The van der Waals surface area contributed by atoms with E-state index in [1.54, 1.807) is 23.4 Å². The Balaban J connectivity index is 1.85. The number of ether oxygens (including phenoxy) is 1. The fourth-order valence-electron chi connectivity index (χ4n) is 3.28. The highest BCUT2D eigenvalue weighted by molar-refractivity contribution is 7.98.